The van der Waals surface area contributed by atoms with E-state index in [0.717, 1.165) is 26.1 Å². The zero-order valence-corrected chi connectivity index (χ0v) is 8.41. The molecule has 1 fully saturated rings. The van der Waals surface area contributed by atoms with Crippen molar-refractivity contribution < 1.29 is 4.74 Å². The van der Waals surface area contributed by atoms with Gasteiger partial charge in [0, 0.05) is 13.2 Å². The molecule has 3 rings (SSSR count). The Morgan fingerprint density at radius 3 is 1.50 bits per heavy atom. The third kappa shape index (κ3) is 2.46. The zero-order chi connectivity index (χ0) is 9.64. The summed E-state index contributed by atoms with van der Waals surface area (Å²) in [5.74, 6) is 0. The van der Waals surface area contributed by atoms with Gasteiger partial charge in [0.2, 0.25) is 0 Å². The lowest BCUT2D eigenvalue weighted by molar-refractivity contribution is 0.0367. The van der Waals surface area contributed by atoms with Crippen LogP contribution >= 0.6 is 0 Å². The van der Waals surface area contributed by atoms with Gasteiger partial charge in [0.1, 0.15) is 0 Å². The second kappa shape index (κ2) is 4.97. The molecule has 74 valence electrons. The Morgan fingerprint density at radius 2 is 1.29 bits per heavy atom. The lowest BCUT2D eigenvalue weighted by Crippen LogP contribution is -2.09. The van der Waals surface area contributed by atoms with Crippen LogP contribution in [-0.2, 0) is 4.74 Å². The molecule has 1 nitrogen and oxygen atoms in total. The summed E-state index contributed by atoms with van der Waals surface area (Å²) in [6, 6.07) is 0. The molecule has 1 saturated heterocycles. The van der Waals surface area contributed by atoms with E-state index in [1.165, 1.54) is 17.6 Å². The Balaban J connectivity index is 0.000000157. The highest BCUT2D eigenvalue weighted by Gasteiger charge is 2.05. The lowest BCUT2D eigenvalue weighted by Gasteiger charge is -2.09. The predicted molar refractivity (Wildman–Crippen MR) is 59.1 cm³/mol. The highest BCUT2D eigenvalue weighted by Crippen LogP contribution is 2.25. The van der Waals surface area contributed by atoms with Crippen molar-refractivity contribution in [2.45, 2.75) is 19.3 Å². The summed E-state index contributed by atoms with van der Waals surface area (Å²) in [5.41, 5.74) is 2.98. The van der Waals surface area contributed by atoms with Crippen molar-refractivity contribution >= 4 is 0 Å². The van der Waals surface area contributed by atoms with E-state index >= 15 is 0 Å². The molecule has 0 atom stereocenters. The minimum absolute atomic E-state index is 1.00. The fraction of sp³-hybridized carbons (Fsp3) is 0.385. The van der Waals surface area contributed by atoms with Crippen LogP contribution in [0.15, 0.2) is 47.6 Å². The molecule has 1 heterocycles. The van der Waals surface area contributed by atoms with Crippen LogP contribution in [-0.4, -0.2) is 13.2 Å². The van der Waals surface area contributed by atoms with Crippen molar-refractivity contribution in [3.63, 3.8) is 0 Å². The molecule has 14 heavy (non-hydrogen) atoms. The van der Waals surface area contributed by atoms with Gasteiger partial charge in [-0.25, -0.2) is 0 Å². The molecule has 2 aliphatic carbocycles. The summed E-state index contributed by atoms with van der Waals surface area (Å²) in [4.78, 5) is 0. The first-order chi connectivity index (χ1) is 6.97. The fourth-order valence-corrected chi connectivity index (χ4v) is 1.52. The molecule has 0 N–H and O–H groups in total. The monoisotopic (exact) mass is 188 g/mol. The summed E-state index contributed by atoms with van der Waals surface area (Å²) in [5, 5.41) is 0. The van der Waals surface area contributed by atoms with Crippen molar-refractivity contribution in [3.8, 4) is 0 Å². The number of rotatable bonds is 1. The zero-order valence-electron chi connectivity index (χ0n) is 8.41. The number of hydrogen-bond acceptors (Lipinski definition) is 1. The van der Waals surface area contributed by atoms with Crippen LogP contribution in [0.25, 0.3) is 0 Å². The highest BCUT2D eigenvalue weighted by molar-refractivity contribution is 5.44. The first kappa shape index (κ1) is 9.47. The van der Waals surface area contributed by atoms with Gasteiger partial charge in [-0.2, -0.15) is 0 Å². The van der Waals surface area contributed by atoms with E-state index in [2.05, 4.69) is 36.5 Å². The van der Waals surface area contributed by atoms with E-state index in [-0.39, 0.29) is 0 Å². The smallest absolute Gasteiger partial charge is 0.0488 e. The molecule has 0 aromatic carbocycles. The second-order valence-corrected chi connectivity index (χ2v) is 3.61. The van der Waals surface area contributed by atoms with Crippen molar-refractivity contribution in [2.24, 2.45) is 0 Å². The van der Waals surface area contributed by atoms with Crippen molar-refractivity contribution in [2.75, 3.05) is 13.2 Å². The van der Waals surface area contributed by atoms with Gasteiger partial charge in [-0.1, -0.05) is 36.5 Å². The number of ether oxygens (including phenoxy) is 1. The maximum Gasteiger partial charge on any atom is 0.0488 e. The predicted octanol–water partition coefficient (Wildman–Crippen LogP) is 3.17. The summed E-state index contributed by atoms with van der Waals surface area (Å²) in [6.45, 7) is 2.00. The molecule has 0 radical (unpaired) electrons. The van der Waals surface area contributed by atoms with Gasteiger partial charge in [0.25, 0.3) is 0 Å². The van der Waals surface area contributed by atoms with Gasteiger partial charge < -0.3 is 4.74 Å². The van der Waals surface area contributed by atoms with Gasteiger partial charge in [0.05, 0.1) is 0 Å². The van der Waals surface area contributed by atoms with Gasteiger partial charge in [-0.15, -0.1) is 0 Å². The molecule has 0 aromatic heterocycles. The number of allylic oxidation sites excluding steroid dienone is 8. The normalized spacial score (nSPS) is 22.3. The molecule has 0 bridgehead atoms. The summed E-state index contributed by atoms with van der Waals surface area (Å²) < 4.78 is 4.72. The second-order valence-electron chi connectivity index (χ2n) is 3.61. The lowest BCUT2D eigenvalue weighted by atomic mass is 10.1. The summed E-state index contributed by atoms with van der Waals surface area (Å²) >= 11 is 0. The topological polar surface area (TPSA) is 9.23 Å². The van der Waals surface area contributed by atoms with Crippen LogP contribution in [0.4, 0.5) is 0 Å². The van der Waals surface area contributed by atoms with Crippen LogP contribution in [0, 0.1) is 0 Å². The average molecular weight is 188 g/mol. The SMILES string of the molecule is C1=CCC(C2=CC=CC2)=C1.C1COC1. The minimum Gasteiger partial charge on any atom is -0.381 e. The highest BCUT2D eigenvalue weighted by atomic mass is 16.5. The average Bonchev–Trinajstić information content (AvgIpc) is 2.73. The minimum atomic E-state index is 1.00. The van der Waals surface area contributed by atoms with Gasteiger partial charge in [-0.05, 0) is 30.4 Å². The first-order valence-corrected chi connectivity index (χ1v) is 5.26. The Kier molecular flexibility index (Phi) is 3.36. The molecular weight excluding hydrogens is 172 g/mol. The Hall–Kier alpha value is -1.08. The largest absolute Gasteiger partial charge is 0.381 e. The van der Waals surface area contributed by atoms with Gasteiger partial charge in [0.15, 0.2) is 0 Å². The Labute approximate surface area is 85.5 Å². The molecule has 0 amide bonds. The maximum atomic E-state index is 4.72. The Bertz CT molecular complexity index is 269. The molecule has 0 aromatic rings. The molecular formula is C13H16O. The third-order valence-electron chi connectivity index (χ3n) is 2.53. The van der Waals surface area contributed by atoms with Crippen molar-refractivity contribution in [3.05, 3.63) is 47.6 Å². The molecule has 1 aliphatic heterocycles. The Morgan fingerprint density at radius 1 is 0.857 bits per heavy atom. The molecule has 0 unspecified atom stereocenters. The van der Waals surface area contributed by atoms with E-state index in [0.29, 0.717) is 0 Å². The number of hydrogen-bond donors (Lipinski definition) is 0. The molecule has 1 heteroatoms. The van der Waals surface area contributed by atoms with Crippen molar-refractivity contribution in [1.29, 1.82) is 0 Å². The standard InChI is InChI=1S/C10H10.C3H6O/c1-2-6-9(5-1)10-7-3-4-8-10;1-2-4-3-1/h1-5,7H,6,8H2;1-3H2. The van der Waals surface area contributed by atoms with E-state index in [1.807, 2.05) is 0 Å². The van der Waals surface area contributed by atoms with Crippen LogP contribution in [0.2, 0.25) is 0 Å². The van der Waals surface area contributed by atoms with Crippen LogP contribution < -0.4 is 0 Å². The van der Waals surface area contributed by atoms with Crippen molar-refractivity contribution in [1.82, 2.24) is 0 Å². The van der Waals surface area contributed by atoms with E-state index in [4.69, 9.17) is 4.74 Å². The van der Waals surface area contributed by atoms with Gasteiger partial charge in [-0.3, -0.25) is 0 Å². The van der Waals surface area contributed by atoms with Crippen LogP contribution in [0.5, 0.6) is 0 Å². The quantitative estimate of drug-likeness (QED) is 0.614. The van der Waals surface area contributed by atoms with E-state index in [9.17, 15) is 0 Å². The van der Waals surface area contributed by atoms with E-state index < -0.39 is 0 Å². The van der Waals surface area contributed by atoms with Gasteiger partial charge >= 0.3 is 0 Å². The summed E-state index contributed by atoms with van der Waals surface area (Å²) in [6.07, 6.45) is 16.6. The first-order valence-electron chi connectivity index (χ1n) is 5.26. The maximum absolute atomic E-state index is 4.72. The third-order valence-corrected chi connectivity index (χ3v) is 2.53. The van der Waals surface area contributed by atoms with Crippen LogP contribution in [0.3, 0.4) is 0 Å². The molecule has 0 spiro atoms. The fourth-order valence-electron chi connectivity index (χ4n) is 1.52. The summed E-state index contributed by atoms with van der Waals surface area (Å²) in [7, 11) is 0. The van der Waals surface area contributed by atoms with E-state index in [1.54, 1.807) is 0 Å². The molecule has 0 saturated carbocycles. The molecule has 3 aliphatic rings. The van der Waals surface area contributed by atoms with Crippen LogP contribution in [0.1, 0.15) is 19.3 Å².